The molecule has 1 amide bonds. The Morgan fingerprint density at radius 1 is 1.12 bits per heavy atom. The molecular formula is C24H20N2O6. The van der Waals surface area contributed by atoms with Crippen molar-refractivity contribution in [3.63, 3.8) is 0 Å². The number of hydrogen-bond donors (Lipinski definition) is 1. The Hall–Kier alpha value is -4.20. The first-order valence-electron chi connectivity index (χ1n) is 10.0. The van der Waals surface area contributed by atoms with Crippen LogP contribution in [-0.2, 0) is 22.6 Å². The zero-order valence-electron chi connectivity index (χ0n) is 17.2. The number of aliphatic hydroxyl groups excluding tert-OH is 1. The Balaban J connectivity index is 1.87. The minimum atomic E-state index is -0.870. The second-order valence-corrected chi connectivity index (χ2v) is 7.41. The zero-order chi connectivity index (χ0) is 22.8. The number of carbonyl (C=O) groups excluding carboxylic acids is 2. The minimum absolute atomic E-state index is 0.0312. The van der Waals surface area contributed by atoms with Crippen molar-refractivity contribution in [2.45, 2.75) is 25.9 Å². The molecule has 8 heteroatoms. The second kappa shape index (κ2) is 8.50. The maximum atomic E-state index is 13.0. The number of nitrogens with zero attached hydrogens (tertiary/aromatic N) is 2. The molecule has 1 N–H and O–H groups in total. The van der Waals surface area contributed by atoms with Gasteiger partial charge in [-0.1, -0.05) is 43.3 Å². The monoisotopic (exact) mass is 432 g/mol. The Bertz CT molecular complexity index is 1210. The Morgan fingerprint density at radius 2 is 1.88 bits per heavy atom. The molecule has 3 aromatic rings. The SMILES string of the molecule is CCc1ccc([C@H]2/C(=C(\O)c3cccc([N+](=O)[O-])c3)C(=O)C(=O)N2Cc2ccco2)cc1. The number of likely N-dealkylation sites (tertiary alicyclic amines) is 1. The number of amides is 1. The number of benzene rings is 2. The highest BCUT2D eigenvalue weighted by molar-refractivity contribution is 6.46. The fourth-order valence-electron chi connectivity index (χ4n) is 3.82. The van der Waals surface area contributed by atoms with Crippen LogP contribution < -0.4 is 0 Å². The van der Waals surface area contributed by atoms with Crippen LogP contribution in [0.5, 0.6) is 0 Å². The van der Waals surface area contributed by atoms with Gasteiger partial charge in [0.05, 0.1) is 29.3 Å². The summed E-state index contributed by atoms with van der Waals surface area (Å²) in [5.74, 6) is -1.61. The van der Waals surface area contributed by atoms with E-state index in [0.717, 1.165) is 12.0 Å². The molecule has 32 heavy (non-hydrogen) atoms. The van der Waals surface area contributed by atoms with E-state index in [0.29, 0.717) is 11.3 Å². The standard InChI is InChI=1S/C24H20N2O6/c1-2-15-8-10-16(11-9-15)21-20(22(27)17-5-3-6-18(13-17)26(30)31)23(28)24(29)25(21)14-19-7-4-12-32-19/h3-13,21,27H,2,14H2,1H3/b22-20+/t21-/m0/s1. The van der Waals surface area contributed by atoms with E-state index in [2.05, 4.69) is 0 Å². The Morgan fingerprint density at radius 3 is 2.50 bits per heavy atom. The van der Waals surface area contributed by atoms with Crippen LogP contribution in [-0.4, -0.2) is 26.6 Å². The van der Waals surface area contributed by atoms with E-state index < -0.39 is 28.4 Å². The summed E-state index contributed by atoms with van der Waals surface area (Å²) in [7, 11) is 0. The highest BCUT2D eigenvalue weighted by Crippen LogP contribution is 2.40. The highest BCUT2D eigenvalue weighted by atomic mass is 16.6. The van der Waals surface area contributed by atoms with E-state index in [1.807, 2.05) is 31.2 Å². The summed E-state index contributed by atoms with van der Waals surface area (Å²) in [6, 6.07) is 15.3. The molecule has 0 saturated carbocycles. The van der Waals surface area contributed by atoms with Gasteiger partial charge in [0, 0.05) is 17.7 Å². The van der Waals surface area contributed by atoms with Gasteiger partial charge in [-0.05, 0) is 29.7 Å². The van der Waals surface area contributed by atoms with Gasteiger partial charge >= 0.3 is 0 Å². The molecule has 0 spiro atoms. The van der Waals surface area contributed by atoms with E-state index in [4.69, 9.17) is 4.42 Å². The van der Waals surface area contributed by atoms with Crippen molar-refractivity contribution < 1.29 is 24.0 Å². The molecule has 1 saturated heterocycles. The van der Waals surface area contributed by atoms with Crippen LogP contribution in [0.4, 0.5) is 5.69 Å². The zero-order valence-corrected chi connectivity index (χ0v) is 17.2. The number of rotatable bonds is 6. The van der Waals surface area contributed by atoms with Gasteiger partial charge in [0.15, 0.2) is 0 Å². The Kier molecular flexibility index (Phi) is 5.59. The largest absolute Gasteiger partial charge is 0.507 e. The van der Waals surface area contributed by atoms with Gasteiger partial charge in [0.1, 0.15) is 11.5 Å². The summed E-state index contributed by atoms with van der Waals surface area (Å²) in [5, 5.41) is 22.2. The molecule has 0 radical (unpaired) electrons. The maximum Gasteiger partial charge on any atom is 0.296 e. The molecule has 4 rings (SSSR count). The van der Waals surface area contributed by atoms with Crippen molar-refractivity contribution in [3.8, 4) is 0 Å². The number of aryl methyl sites for hydroxylation is 1. The van der Waals surface area contributed by atoms with E-state index >= 15 is 0 Å². The number of nitro benzene ring substituents is 1. The number of Topliss-reactive ketones (excluding diaryl/α,β-unsaturated/α-hetero) is 1. The van der Waals surface area contributed by atoms with Gasteiger partial charge in [0.25, 0.3) is 17.4 Å². The molecule has 1 aliphatic rings. The van der Waals surface area contributed by atoms with Crippen molar-refractivity contribution in [1.82, 2.24) is 4.90 Å². The number of nitro groups is 1. The van der Waals surface area contributed by atoms with Crippen LogP contribution in [0.25, 0.3) is 5.76 Å². The maximum absolute atomic E-state index is 13.0. The van der Waals surface area contributed by atoms with Crippen LogP contribution in [0, 0.1) is 10.1 Å². The van der Waals surface area contributed by atoms with Crippen molar-refractivity contribution in [2.75, 3.05) is 0 Å². The van der Waals surface area contributed by atoms with Crippen molar-refractivity contribution in [3.05, 3.63) is 105 Å². The summed E-state index contributed by atoms with van der Waals surface area (Å²) in [5.41, 5.74) is 1.45. The summed E-state index contributed by atoms with van der Waals surface area (Å²) in [6.45, 7) is 2.05. The molecule has 0 unspecified atom stereocenters. The quantitative estimate of drug-likeness (QED) is 0.203. The second-order valence-electron chi connectivity index (χ2n) is 7.41. The third kappa shape index (κ3) is 3.78. The first-order chi connectivity index (χ1) is 15.4. The van der Waals surface area contributed by atoms with Crippen molar-refractivity contribution in [1.29, 1.82) is 0 Å². The van der Waals surface area contributed by atoms with Gasteiger partial charge in [0.2, 0.25) is 0 Å². The summed E-state index contributed by atoms with van der Waals surface area (Å²) < 4.78 is 5.36. The van der Waals surface area contributed by atoms with E-state index in [1.165, 1.54) is 35.4 Å². The fraction of sp³-hybridized carbons (Fsp3) is 0.167. The third-order valence-electron chi connectivity index (χ3n) is 5.48. The van der Waals surface area contributed by atoms with E-state index in [1.54, 1.807) is 12.1 Å². The lowest BCUT2D eigenvalue weighted by atomic mass is 9.94. The Labute approximate surface area is 183 Å². The van der Waals surface area contributed by atoms with Crippen LogP contribution in [0.2, 0.25) is 0 Å². The molecule has 1 aromatic heterocycles. The molecule has 1 fully saturated rings. The molecule has 1 atom stereocenters. The van der Waals surface area contributed by atoms with Crippen LogP contribution in [0.15, 0.2) is 76.9 Å². The summed E-state index contributed by atoms with van der Waals surface area (Å²) >= 11 is 0. The first kappa shape index (κ1) is 21.0. The normalized spacial score (nSPS) is 17.7. The lowest BCUT2D eigenvalue weighted by molar-refractivity contribution is -0.384. The first-order valence-corrected chi connectivity index (χ1v) is 10.0. The number of non-ortho nitro benzene ring substituents is 1. The van der Waals surface area contributed by atoms with Crippen molar-refractivity contribution >= 4 is 23.1 Å². The summed E-state index contributed by atoms with van der Waals surface area (Å²) in [4.78, 5) is 37.9. The van der Waals surface area contributed by atoms with Gasteiger partial charge in [-0.3, -0.25) is 19.7 Å². The molecule has 0 bridgehead atoms. The van der Waals surface area contributed by atoms with E-state index in [-0.39, 0.29) is 23.4 Å². The molecule has 2 heterocycles. The molecular weight excluding hydrogens is 412 g/mol. The molecule has 162 valence electrons. The van der Waals surface area contributed by atoms with Gasteiger partial charge in [-0.2, -0.15) is 0 Å². The predicted octanol–water partition coefficient (Wildman–Crippen LogP) is 4.37. The summed E-state index contributed by atoms with van der Waals surface area (Å²) in [6.07, 6.45) is 2.29. The lowest BCUT2D eigenvalue weighted by Gasteiger charge is -2.24. The highest BCUT2D eigenvalue weighted by Gasteiger charge is 2.46. The topological polar surface area (TPSA) is 114 Å². The van der Waals surface area contributed by atoms with Gasteiger partial charge in [-0.15, -0.1) is 0 Å². The van der Waals surface area contributed by atoms with Gasteiger partial charge < -0.3 is 14.4 Å². The van der Waals surface area contributed by atoms with Crippen LogP contribution in [0.3, 0.4) is 0 Å². The van der Waals surface area contributed by atoms with Gasteiger partial charge in [-0.25, -0.2) is 0 Å². The third-order valence-corrected chi connectivity index (χ3v) is 5.48. The average molecular weight is 432 g/mol. The molecule has 8 nitrogen and oxygen atoms in total. The lowest BCUT2D eigenvalue weighted by Crippen LogP contribution is -2.29. The van der Waals surface area contributed by atoms with E-state index in [9.17, 15) is 24.8 Å². The van der Waals surface area contributed by atoms with Crippen molar-refractivity contribution in [2.24, 2.45) is 0 Å². The van der Waals surface area contributed by atoms with Crippen LogP contribution >= 0.6 is 0 Å². The number of furan rings is 1. The number of aliphatic hydroxyl groups is 1. The predicted molar refractivity (Wildman–Crippen MR) is 115 cm³/mol. The van der Waals surface area contributed by atoms with Crippen LogP contribution in [0.1, 0.15) is 35.4 Å². The number of carbonyl (C=O) groups is 2. The average Bonchev–Trinajstić information content (AvgIpc) is 3.41. The molecule has 0 aliphatic carbocycles. The smallest absolute Gasteiger partial charge is 0.296 e. The molecule has 2 aromatic carbocycles. The fourth-order valence-corrected chi connectivity index (χ4v) is 3.82. The molecule has 1 aliphatic heterocycles. The number of hydrogen-bond acceptors (Lipinski definition) is 6. The minimum Gasteiger partial charge on any atom is -0.507 e. The number of ketones is 1.